The van der Waals surface area contributed by atoms with E-state index in [1.807, 2.05) is 0 Å². The molecule has 14 heteroatoms. The van der Waals surface area contributed by atoms with Crippen LogP contribution in [0.25, 0.3) is 11.2 Å². The average molecular weight is 555 g/mol. The summed E-state index contributed by atoms with van der Waals surface area (Å²) in [5.41, 5.74) is 0.687. The molecule has 2 aromatic carbocycles. The van der Waals surface area contributed by atoms with Crippen LogP contribution >= 0.6 is 23.2 Å². The number of aryl methyl sites for hydroxylation is 1. The van der Waals surface area contributed by atoms with Crippen molar-refractivity contribution in [2.45, 2.75) is 6.54 Å². The minimum absolute atomic E-state index is 0.0634. The van der Waals surface area contributed by atoms with Crippen molar-refractivity contribution < 1.29 is 9.47 Å². The fraction of sp³-hybridized carbons (Fsp3) is 0.167. The van der Waals surface area contributed by atoms with E-state index in [1.165, 1.54) is 43.1 Å². The zero-order valence-electron chi connectivity index (χ0n) is 20.4. The number of methoxy groups -OCH3 is 1. The van der Waals surface area contributed by atoms with E-state index in [4.69, 9.17) is 32.7 Å². The second-order valence-electron chi connectivity index (χ2n) is 8.19. The quantitative estimate of drug-likeness (QED) is 0.283. The number of benzene rings is 2. The van der Waals surface area contributed by atoms with Gasteiger partial charge in [-0.05, 0) is 41.5 Å². The van der Waals surface area contributed by atoms with Gasteiger partial charge in [0.2, 0.25) is 0 Å². The van der Waals surface area contributed by atoms with Crippen LogP contribution in [0.5, 0.6) is 17.5 Å². The van der Waals surface area contributed by atoms with Crippen molar-refractivity contribution in [1.29, 1.82) is 0 Å². The molecular weight excluding hydrogens is 535 g/mol. The molecule has 0 aliphatic rings. The van der Waals surface area contributed by atoms with Gasteiger partial charge in [-0.3, -0.25) is 18.5 Å². The summed E-state index contributed by atoms with van der Waals surface area (Å²) in [6, 6.07) is 10.3. The summed E-state index contributed by atoms with van der Waals surface area (Å²) >= 11 is 12.5. The van der Waals surface area contributed by atoms with E-state index in [0.29, 0.717) is 27.1 Å². The molecule has 38 heavy (non-hydrogen) atoms. The first-order chi connectivity index (χ1) is 18.3. The Morgan fingerprint density at radius 2 is 1.76 bits per heavy atom. The van der Waals surface area contributed by atoms with Gasteiger partial charge in [-0.2, -0.15) is 10.1 Å². The molecule has 0 amide bonds. The predicted octanol–water partition coefficient (Wildman–Crippen LogP) is 3.06. The maximum absolute atomic E-state index is 13.2. The Morgan fingerprint density at radius 3 is 2.47 bits per heavy atom. The fourth-order valence-electron chi connectivity index (χ4n) is 3.81. The van der Waals surface area contributed by atoms with Crippen LogP contribution in [0.15, 0.2) is 63.7 Å². The molecule has 0 radical (unpaired) electrons. The summed E-state index contributed by atoms with van der Waals surface area (Å²) < 4.78 is 17.0. The Bertz CT molecular complexity index is 1810. The van der Waals surface area contributed by atoms with Crippen LogP contribution in [-0.4, -0.2) is 46.9 Å². The number of hydrogen-bond acceptors (Lipinski definition) is 8. The van der Waals surface area contributed by atoms with Gasteiger partial charge in [0.1, 0.15) is 12.7 Å². The highest BCUT2D eigenvalue weighted by Gasteiger charge is 2.22. The SMILES string of the molecule is COc1cc(/C=N/n2cnnc2)ccc1Oc1nc2c(c(=O)n(C)c(=O)n2C)n1Cc1ccc(Cl)cc1Cl. The van der Waals surface area contributed by atoms with Gasteiger partial charge < -0.3 is 9.47 Å². The van der Waals surface area contributed by atoms with Crippen molar-refractivity contribution in [3.05, 3.63) is 91.1 Å². The summed E-state index contributed by atoms with van der Waals surface area (Å²) in [5.74, 6) is 0.720. The van der Waals surface area contributed by atoms with E-state index in [0.717, 1.165) is 10.1 Å². The molecule has 0 fully saturated rings. The minimum Gasteiger partial charge on any atom is -0.493 e. The summed E-state index contributed by atoms with van der Waals surface area (Å²) in [6.45, 7) is 0.126. The lowest BCUT2D eigenvalue weighted by molar-refractivity contribution is 0.361. The zero-order valence-corrected chi connectivity index (χ0v) is 21.9. The van der Waals surface area contributed by atoms with Crippen LogP contribution in [0, 0.1) is 0 Å². The molecule has 0 unspecified atom stereocenters. The van der Waals surface area contributed by atoms with Gasteiger partial charge >= 0.3 is 11.7 Å². The highest BCUT2D eigenvalue weighted by Crippen LogP contribution is 2.33. The largest absolute Gasteiger partial charge is 0.493 e. The van der Waals surface area contributed by atoms with Crippen LogP contribution in [0.3, 0.4) is 0 Å². The first-order valence-corrected chi connectivity index (χ1v) is 11.9. The number of hydrogen-bond donors (Lipinski definition) is 0. The van der Waals surface area contributed by atoms with Gasteiger partial charge in [-0.1, -0.05) is 29.3 Å². The lowest BCUT2D eigenvalue weighted by Crippen LogP contribution is -2.37. The number of rotatable bonds is 7. The van der Waals surface area contributed by atoms with Crippen molar-refractivity contribution in [3.63, 3.8) is 0 Å². The first-order valence-electron chi connectivity index (χ1n) is 11.1. The molecule has 12 nitrogen and oxygen atoms in total. The molecule has 0 bridgehead atoms. The van der Waals surface area contributed by atoms with E-state index >= 15 is 0 Å². The second-order valence-corrected chi connectivity index (χ2v) is 9.04. The molecule has 5 rings (SSSR count). The summed E-state index contributed by atoms with van der Waals surface area (Å²) in [6.07, 6.45) is 4.52. The third kappa shape index (κ3) is 4.66. The molecule has 3 aromatic heterocycles. The van der Waals surface area contributed by atoms with E-state index in [1.54, 1.807) is 47.2 Å². The molecule has 0 saturated heterocycles. The fourth-order valence-corrected chi connectivity index (χ4v) is 4.28. The highest BCUT2D eigenvalue weighted by atomic mass is 35.5. The predicted molar refractivity (Wildman–Crippen MR) is 142 cm³/mol. The number of aromatic nitrogens is 7. The molecule has 0 aliphatic carbocycles. The van der Waals surface area contributed by atoms with E-state index < -0.39 is 11.2 Å². The van der Waals surface area contributed by atoms with Crippen LogP contribution < -0.4 is 20.7 Å². The smallest absolute Gasteiger partial charge is 0.332 e. The lowest BCUT2D eigenvalue weighted by atomic mass is 10.2. The van der Waals surface area contributed by atoms with Crippen molar-refractivity contribution in [3.8, 4) is 17.5 Å². The maximum Gasteiger partial charge on any atom is 0.332 e. The maximum atomic E-state index is 13.2. The van der Waals surface area contributed by atoms with Crippen LogP contribution in [-0.2, 0) is 20.6 Å². The number of halogens is 2. The molecule has 0 N–H and O–H groups in total. The molecular formula is C24H20Cl2N8O4. The van der Waals surface area contributed by atoms with E-state index in [9.17, 15) is 9.59 Å². The van der Waals surface area contributed by atoms with E-state index in [2.05, 4.69) is 20.3 Å². The lowest BCUT2D eigenvalue weighted by Gasteiger charge is -2.13. The van der Waals surface area contributed by atoms with Gasteiger partial charge in [0.25, 0.3) is 5.56 Å². The van der Waals surface area contributed by atoms with Crippen molar-refractivity contribution >= 4 is 40.6 Å². The molecule has 5 aromatic rings. The van der Waals surface area contributed by atoms with Crippen molar-refractivity contribution in [2.75, 3.05) is 7.11 Å². The Labute approximate surface area is 224 Å². The Kier molecular flexibility index (Phi) is 6.74. The monoisotopic (exact) mass is 554 g/mol. The Hall–Kier alpha value is -4.42. The second kappa shape index (κ2) is 10.1. The van der Waals surface area contributed by atoms with E-state index in [-0.39, 0.29) is 23.7 Å². The van der Waals surface area contributed by atoms with Gasteiger partial charge in [0, 0.05) is 24.1 Å². The molecule has 0 aliphatic heterocycles. The number of nitrogens with zero attached hydrogens (tertiary/aromatic N) is 8. The number of imidazole rings is 1. The third-order valence-corrected chi connectivity index (χ3v) is 6.38. The standard InChI is InChI=1S/C24H20Cl2N8O4/c1-31-21-20(22(35)32(2)24(31)36)34(11-15-5-6-16(25)9-17(15)26)23(30-21)38-18-7-4-14(8-19(18)37-3)10-29-33-12-27-28-13-33/h4-10,12-13H,11H2,1-3H3/b29-10+. The highest BCUT2D eigenvalue weighted by molar-refractivity contribution is 6.35. The Morgan fingerprint density at radius 1 is 1.00 bits per heavy atom. The van der Waals surface area contributed by atoms with Crippen molar-refractivity contribution in [1.82, 2.24) is 33.6 Å². The van der Waals surface area contributed by atoms with Gasteiger partial charge in [-0.25, -0.2) is 9.47 Å². The minimum atomic E-state index is -0.525. The molecule has 194 valence electrons. The summed E-state index contributed by atoms with van der Waals surface area (Å²) in [5, 5.41) is 12.5. The molecule has 3 heterocycles. The Balaban J connectivity index is 1.61. The van der Waals surface area contributed by atoms with Gasteiger partial charge in [-0.15, -0.1) is 10.2 Å². The van der Waals surface area contributed by atoms with Crippen LogP contribution in [0.4, 0.5) is 0 Å². The molecule has 0 atom stereocenters. The summed E-state index contributed by atoms with van der Waals surface area (Å²) in [7, 11) is 4.43. The van der Waals surface area contributed by atoms with Gasteiger partial charge in [0.05, 0.1) is 19.9 Å². The summed E-state index contributed by atoms with van der Waals surface area (Å²) in [4.78, 5) is 30.3. The molecule has 0 spiro atoms. The van der Waals surface area contributed by atoms with Crippen LogP contribution in [0.1, 0.15) is 11.1 Å². The van der Waals surface area contributed by atoms with Gasteiger partial charge in [0.15, 0.2) is 22.7 Å². The van der Waals surface area contributed by atoms with Crippen molar-refractivity contribution in [2.24, 2.45) is 19.2 Å². The third-order valence-electron chi connectivity index (χ3n) is 5.79. The topological polar surface area (TPSA) is 123 Å². The molecule has 0 saturated carbocycles. The number of fused-ring (bicyclic) bond motifs is 1. The first kappa shape index (κ1) is 25.2. The normalized spacial score (nSPS) is 11.5. The van der Waals surface area contributed by atoms with Crippen LogP contribution in [0.2, 0.25) is 10.0 Å². The number of ether oxygens (including phenoxy) is 2. The average Bonchev–Trinajstić information content (AvgIpc) is 3.55. The zero-order chi connectivity index (χ0) is 27.0.